The van der Waals surface area contributed by atoms with E-state index < -0.39 is 5.91 Å². The smallest absolute Gasteiger partial charge is 0.240 e. The van der Waals surface area contributed by atoms with Crippen molar-refractivity contribution in [3.63, 3.8) is 0 Å². The van der Waals surface area contributed by atoms with Gasteiger partial charge in [0, 0.05) is 36.2 Å². The van der Waals surface area contributed by atoms with Crippen molar-refractivity contribution in [2.45, 2.75) is 58.4 Å². The highest BCUT2D eigenvalue weighted by atomic mass is 16.5. The Morgan fingerprint density at radius 2 is 1.84 bits per heavy atom. The fraction of sp³-hybridized carbons (Fsp3) is 0.435. The van der Waals surface area contributed by atoms with E-state index in [2.05, 4.69) is 15.8 Å². The molecule has 0 aliphatic heterocycles. The van der Waals surface area contributed by atoms with Crippen molar-refractivity contribution in [1.29, 1.82) is 0 Å². The molecule has 1 aliphatic rings. The van der Waals surface area contributed by atoms with Gasteiger partial charge in [-0.25, -0.2) is 0 Å². The van der Waals surface area contributed by atoms with E-state index in [0.29, 0.717) is 17.0 Å². The molecule has 0 radical (unpaired) electrons. The summed E-state index contributed by atoms with van der Waals surface area (Å²) in [4.78, 5) is 50.9. The van der Waals surface area contributed by atoms with Crippen molar-refractivity contribution < 1.29 is 23.7 Å². The van der Waals surface area contributed by atoms with Crippen LogP contribution in [0.3, 0.4) is 0 Å². The van der Waals surface area contributed by atoms with Crippen LogP contribution in [0, 0.1) is 6.92 Å². The molecule has 170 valence electrons. The first kappa shape index (κ1) is 23.2. The molecule has 9 nitrogen and oxygen atoms in total. The summed E-state index contributed by atoms with van der Waals surface area (Å²) in [5.41, 5.74) is 0.882. The van der Waals surface area contributed by atoms with Gasteiger partial charge in [0.2, 0.25) is 17.7 Å². The van der Waals surface area contributed by atoms with Gasteiger partial charge in [0.25, 0.3) is 0 Å². The Morgan fingerprint density at radius 1 is 1.09 bits per heavy atom. The number of nitrogens with zero attached hydrogens (tertiary/aromatic N) is 2. The highest BCUT2D eigenvalue weighted by molar-refractivity contribution is 6.02. The molecule has 1 fully saturated rings. The third kappa shape index (κ3) is 6.50. The van der Waals surface area contributed by atoms with Gasteiger partial charge in [-0.05, 0) is 38.8 Å². The molecule has 1 heterocycles. The maximum Gasteiger partial charge on any atom is 0.240 e. The normalized spacial score (nSPS) is 13.6. The summed E-state index contributed by atoms with van der Waals surface area (Å²) in [7, 11) is 0. The summed E-state index contributed by atoms with van der Waals surface area (Å²) < 4.78 is 4.90. The average molecular weight is 441 g/mol. The molecule has 1 saturated carbocycles. The predicted octanol–water partition coefficient (Wildman–Crippen LogP) is 3.00. The lowest BCUT2D eigenvalue weighted by Crippen LogP contribution is -2.44. The fourth-order valence-electron chi connectivity index (χ4n) is 3.69. The van der Waals surface area contributed by atoms with Crippen LogP contribution in [0.4, 0.5) is 11.5 Å². The number of rotatable bonds is 9. The van der Waals surface area contributed by atoms with Crippen LogP contribution in [0.2, 0.25) is 0 Å². The Bertz CT molecular complexity index is 994. The summed E-state index contributed by atoms with van der Waals surface area (Å²) in [6, 6.07) is 8.28. The van der Waals surface area contributed by atoms with Gasteiger partial charge in [0.1, 0.15) is 12.3 Å². The monoisotopic (exact) mass is 440 g/mol. The molecule has 0 atom stereocenters. The minimum Gasteiger partial charge on any atom is -0.360 e. The summed E-state index contributed by atoms with van der Waals surface area (Å²) in [5, 5.41) is 9.24. The third-order valence-corrected chi connectivity index (χ3v) is 5.35. The Hall–Kier alpha value is -3.49. The van der Waals surface area contributed by atoms with Crippen LogP contribution >= 0.6 is 0 Å². The second-order valence-electron chi connectivity index (χ2n) is 8.01. The number of aromatic nitrogens is 1. The lowest BCUT2D eigenvalue weighted by Gasteiger charge is -2.24. The van der Waals surface area contributed by atoms with Crippen molar-refractivity contribution >= 4 is 35.0 Å². The standard InChI is InChI=1S/C23H28N4O5/c1-15-12-20(26-32-15)25-21(29)10-11-23(31)27(14-22(30)24-18-7-3-4-8-18)19-9-5-6-17(13-19)16(2)28/h5-6,9,12-13,18H,3-4,7-8,10-11,14H2,1-2H3,(H,24,30)(H,25,26,29). The molecule has 3 amide bonds. The predicted molar refractivity (Wildman–Crippen MR) is 118 cm³/mol. The number of hydrogen-bond acceptors (Lipinski definition) is 6. The van der Waals surface area contributed by atoms with Crippen molar-refractivity contribution in [2.24, 2.45) is 0 Å². The number of carbonyl (C=O) groups is 4. The maximum absolute atomic E-state index is 13.0. The number of carbonyl (C=O) groups excluding carboxylic acids is 4. The van der Waals surface area contributed by atoms with Gasteiger partial charge in [-0.2, -0.15) is 0 Å². The lowest BCUT2D eigenvalue weighted by molar-refractivity contribution is -0.125. The van der Waals surface area contributed by atoms with Crippen molar-refractivity contribution in [2.75, 3.05) is 16.8 Å². The van der Waals surface area contributed by atoms with E-state index in [0.717, 1.165) is 25.7 Å². The molecular weight excluding hydrogens is 412 g/mol. The second kappa shape index (κ2) is 10.7. The van der Waals surface area contributed by atoms with E-state index in [1.807, 2.05) is 0 Å². The summed E-state index contributed by atoms with van der Waals surface area (Å²) in [6.07, 6.45) is 3.83. The Labute approximate surface area is 186 Å². The van der Waals surface area contributed by atoms with Crippen LogP contribution in [0.15, 0.2) is 34.9 Å². The zero-order chi connectivity index (χ0) is 23.1. The van der Waals surface area contributed by atoms with E-state index in [9.17, 15) is 19.2 Å². The molecule has 9 heteroatoms. The Morgan fingerprint density at radius 3 is 2.50 bits per heavy atom. The minimum absolute atomic E-state index is 0.0854. The molecule has 0 bridgehead atoms. The van der Waals surface area contributed by atoms with Gasteiger partial charge in [0.05, 0.1) is 0 Å². The van der Waals surface area contributed by atoms with E-state index in [-0.39, 0.29) is 48.8 Å². The molecule has 2 N–H and O–H groups in total. The Balaban J connectivity index is 1.67. The topological polar surface area (TPSA) is 122 Å². The van der Waals surface area contributed by atoms with Crippen LogP contribution in [0.25, 0.3) is 0 Å². The lowest BCUT2D eigenvalue weighted by atomic mass is 10.1. The van der Waals surface area contributed by atoms with Crippen LogP contribution < -0.4 is 15.5 Å². The van der Waals surface area contributed by atoms with Gasteiger partial charge in [-0.3, -0.25) is 19.2 Å². The van der Waals surface area contributed by atoms with E-state index in [1.54, 1.807) is 37.3 Å². The van der Waals surface area contributed by atoms with Crippen LogP contribution in [-0.2, 0) is 14.4 Å². The number of aryl methyl sites for hydroxylation is 1. The number of hydrogen-bond donors (Lipinski definition) is 2. The first-order valence-electron chi connectivity index (χ1n) is 10.8. The zero-order valence-electron chi connectivity index (χ0n) is 18.3. The fourth-order valence-corrected chi connectivity index (χ4v) is 3.69. The maximum atomic E-state index is 13.0. The zero-order valence-corrected chi connectivity index (χ0v) is 18.3. The van der Waals surface area contributed by atoms with E-state index in [4.69, 9.17) is 4.52 Å². The molecule has 2 aromatic rings. The van der Waals surface area contributed by atoms with E-state index >= 15 is 0 Å². The molecule has 32 heavy (non-hydrogen) atoms. The average Bonchev–Trinajstić information content (AvgIpc) is 3.42. The van der Waals surface area contributed by atoms with Crippen molar-refractivity contribution in [1.82, 2.24) is 10.5 Å². The van der Waals surface area contributed by atoms with Crippen molar-refractivity contribution in [3.05, 3.63) is 41.7 Å². The molecule has 3 rings (SSSR count). The van der Waals surface area contributed by atoms with Gasteiger partial charge < -0.3 is 20.1 Å². The Kier molecular flexibility index (Phi) is 7.75. The van der Waals surface area contributed by atoms with E-state index in [1.165, 1.54) is 11.8 Å². The summed E-state index contributed by atoms with van der Waals surface area (Å²) in [6.45, 7) is 2.96. The number of anilines is 2. The number of nitrogens with one attached hydrogen (secondary N) is 2. The highest BCUT2D eigenvalue weighted by Gasteiger charge is 2.23. The molecule has 1 aromatic carbocycles. The van der Waals surface area contributed by atoms with Crippen LogP contribution in [0.5, 0.6) is 0 Å². The van der Waals surface area contributed by atoms with Crippen LogP contribution in [-0.4, -0.2) is 41.2 Å². The molecular formula is C23H28N4O5. The van der Waals surface area contributed by atoms with Gasteiger partial charge in [-0.1, -0.05) is 30.1 Å². The highest BCUT2D eigenvalue weighted by Crippen LogP contribution is 2.20. The van der Waals surface area contributed by atoms with Crippen LogP contribution in [0.1, 0.15) is 61.6 Å². The van der Waals surface area contributed by atoms with Crippen molar-refractivity contribution in [3.8, 4) is 0 Å². The largest absolute Gasteiger partial charge is 0.360 e. The first-order chi connectivity index (χ1) is 15.3. The summed E-state index contributed by atoms with van der Waals surface area (Å²) >= 11 is 0. The molecule has 0 spiro atoms. The first-order valence-corrected chi connectivity index (χ1v) is 10.8. The van der Waals surface area contributed by atoms with Gasteiger partial charge >= 0.3 is 0 Å². The third-order valence-electron chi connectivity index (χ3n) is 5.35. The van der Waals surface area contributed by atoms with Gasteiger partial charge in [0.15, 0.2) is 11.6 Å². The minimum atomic E-state index is -0.390. The number of ketones is 1. The number of amides is 3. The molecule has 0 unspecified atom stereocenters. The quantitative estimate of drug-likeness (QED) is 0.578. The van der Waals surface area contributed by atoms with Gasteiger partial charge in [-0.15, -0.1) is 0 Å². The SMILES string of the molecule is CC(=O)c1cccc(N(CC(=O)NC2CCCC2)C(=O)CCC(=O)Nc2cc(C)on2)c1. The second-order valence-corrected chi connectivity index (χ2v) is 8.01. The number of Topliss-reactive ketones (excluding diaryl/α,β-unsaturated/α-hetero) is 1. The number of benzene rings is 1. The molecule has 1 aromatic heterocycles. The molecule has 1 aliphatic carbocycles. The molecule has 0 saturated heterocycles. The summed E-state index contributed by atoms with van der Waals surface area (Å²) in [5.74, 6) is -0.348.